The summed E-state index contributed by atoms with van der Waals surface area (Å²) in [6.07, 6.45) is 5.96. The van der Waals surface area contributed by atoms with Gasteiger partial charge < -0.3 is 15.6 Å². The van der Waals surface area contributed by atoms with Crippen molar-refractivity contribution in [2.24, 2.45) is 5.73 Å². The molecular formula is C10H20Cl2N4O. The molecule has 3 N–H and O–H groups in total. The molecule has 2 atom stereocenters. The number of halogens is 2. The van der Waals surface area contributed by atoms with Gasteiger partial charge in [0, 0.05) is 25.0 Å². The van der Waals surface area contributed by atoms with Gasteiger partial charge >= 0.3 is 0 Å². The lowest BCUT2D eigenvalue weighted by molar-refractivity contribution is -0.123. The van der Waals surface area contributed by atoms with E-state index in [2.05, 4.69) is 10.3 Å². The highest BCUT2D eigenvalue weighted by Gasteiger charge is 2.13. The summed E-state index contributed by atoms with van der Waals surface area (Å²) >= 11 is 0. The fourth-order valence-corrected chi connectivity index (χ4v) is 1.29. The first-order valence-electron chi connectivity index (χ1n) is 5.15. The van der Waals surface area contributed by atoms with Crippen molar-refractivity contribution < 1.29 is 4.79 Å². The molecular weight excluding hydrogens is 263 g/mol. The van der Waals surface area contributed by atoms with E-state index in [9.17, 15) is 4.79 Å². The fourth-order valence-electron chi connectivity index (χ4n) is 1.29. The van der Waals surface area contributed by atoms with Gasteiger partial charge in [-0.25, -0.2) is 4.98 Å². The van der Waals surface area contributed by atoms with Crippen LogP contribution in [0.3, 0.4) is 0 Å². The molecule has 0 bridgehead atoms. The van der Waals surface area contributed by atoms with Gasteiger partial charge in [-0.05, 0) is 13.3 Å². The van der Waals surface area contributed by atoms with Crippen molar-refractivity contribution >= 4 is 30.7 Å². The van der Waals surface area contributed by atoms with Crippen molar-refractivity contribution in [2.75, 3.05) is 0 Å². The van der Waals surface area contributed by atoms with Gasteiger partial charge in [-0.15, -0.1) is 24.8 Å². The molecule has 1 amide bonds. The van der Waals surface area contributed by atoms with Crippen LogP contribution in [0.4, 0.5) is 0 Å². The number of hydrogen-bond acceptors (Lipinski definition) is 3. The molecule has 17 heavy (non-hydrogen) atoms. The Hall–Kier alpha value is -0.780. The van der Waals surface area contributed by atoms with Crippen molar-refractivity contribution in [3.05, 3.63) is 18.7 Å². The van der Waals surface area contributed by atoms with Gasteiger partial charge in [0.05, 0.1) is 12.4 Å². The van der Waals surface area contributed by atoms with Crippen LogP contribution in [-0.2, 0) is 11.3 Å². The van der Waals surface area contributed by atoms with Crippen LogP contribution in [0, 0.1) is 0 Å². The molecule has 7 heteroatoms. The number of aromatic nitrogens is 2. The second-order valence-corrected chi connectivity index (χ2v) is 3.68. The summed E-state index contributed by atoms with van der Waals surface area (Å²) in [5.74, 6) is -0.0925. The predicted molar refractivity (Wildman–Crippen MR) is 72.6 cm³/mol. The van der Waals surface area contributed by atoms with Crippen LogP contribution in [0.15, 0.2) is 18.7 Å². The summed E-state index contributed by atoms with van der Waals surface area (Å²) in [7, 11) is 0. The third-order valence-electron chi connectivity index (χ3n) is 2.21. The molecule has 0 aromatic carbocycles. The van der Waals surface area contributed by atoms with Gasteiger partial charge in [0.1, 0.15) is 0 Å². The van der Waals surface area contributed by atoms with E-state index in [1.807, 2.05) is 24.6 Å². The van der Waals surface area contributed by atoms with Gasteiger partial charge in [0.2, 0.25) is 5.91 Å². The molecule has 0 saturated carbocycles. The van der Waals surface area contributed by atoms with E-state index >= 15 is 0 Å². The van der Waals surface area contributed by atoms with Crippen LogP contribution in [0.5, 0.6) is 0 Å². The molecule has 0 saturated heterocycles. The first-order chi connectivity index (χ1) is 7.13. The van der Waals surface area contributed by atoms with Gasteiger partial charge in [-0.2, -0.15) is 0 Å². The molecule has 100 valence electrons. The van der Waals surface area contributed by atoms with Gasteiger partial charge in [0.15, 0.2) is 0 Å². The Kier molecular flexibility index (Phi) is 10.1. The molecule has 1 unspecified atom stereocenters. The Morgan fingerprint density at radius 1 is 1.53 bits per heavy atom. The average Bonchev–Trinajstić information content (AvgIpc) is 2.68. The van der Waals surface area contributed by atoms with Crippen LogP contribution < -0.4 is 11.1 Å². The normalized spacial score (nSPS) is 12.9. The Morgan fingerprint density at radius 2 is 2.18 bits per heavy atom. The van der Waals surface area contributed by atoms with Crippen molar-refractivity contribution in [3.63, 3.8) is 0 Å². The van der Waals surface area contributed by atoms with E-state index in [0.29, 0.717) is 13.0 Å². The second kappa shape index (κ2) is 9.27. The van der Waals surface area contributed by atoms with Crippen molar-refractivity contribution in [1.82, 2.24) is 14.9 Å². The van der Waals surface area contributed by atoms with E-state index in [4.69, 9.17) is 5.73 Å². The standard InChI is InChI=1S/C10H18N4O.2ClH/c1-3-9(11)10(15)13-8(2)6-14-5-4-12-7-14;;/h4-5,7-9H,3,6,11H2,1-2H3,(H,13,15);2*1H/t8?,9-;;/m0../s1. The zero-order valence-corrected chi connectivity index (χ0v) is 11.6. The van der Waals surface area contributed by atoms with E-state index in [0.717, 1.165) is 0 Å². The Labute approximate surface area is 114 Å². The minimum absolute atomic E-state index is 0. The first-order valence-corrected chi connectivity index (χ1v) is 5.15. The highest BCUT2D eigenvalue weighted by molar-refractivity contribution is 5.85. The molecule has 0 radical (unpaired) electrons. The summed E-state index contributed by atoms with van der Waals surface area (Å²) in [5, 5.41) is 2.86. The topological polar surface area (TPSA) is 72.9 Å². The molecule has 1 rings (SSSR count). The SMILES string of the molecule is CC[C@H](N)C(=O)NC(C)Cn1ccnc1.Cl.Cl. The highest BCUT2D eigenvalue weighted by atomic mass is 35.5. The zero-order chi connectivity index (χ0) is 11.3. The molecule has 1 aromatic heterocycles. The molecule has 1 aromatic rings. The summed E-state index contributed by atoms with van der Waals surface area (Å²) in [4.78, 5) is 15.4. The first kappa shape index (κ1) is 18.6. The van der Waals surface area contributed by atoms with Crippen molar-refractivity contribution in [3.8, 4) is 0 Å². The van der Waals surface area contributed by atoms with Crippen LogP contribution in [0.1, 0.15) is 20.3 Å². The van der Waals surface area contributed by atoms with Gasteiger partial charge in [-0.3, -0.25) is 4.79 Å². The number of imidazole rings is 1. The van der Waals surface area contributed by atoms with Crippen LogP contribution >= 0.6 is 24.8 Å². The van der Waals surface area contributed by atoms with Crippen LogP contribution in [0.25, 0.3) is 0 Å². The van der Waals surface area contributed by atoms with E-state index < -0.39 is 6.04 Å². The quantitative estimate of drug-likeness (QED) is 0.845. The highest BCUT2D eigenvalue weighted by Crippen LogP contribution is 1.93. The van der Waals surface area contributed by atoms with Crippen LogP contribution in [-0.4, -0.2) is 27.5 Å². The van der Waals surface area contributed by atoms with Gasteiger partial charge in [-0.1, -0.05) is 6.92 Å². The van der Waals surface area contributed by atoms with E-state index in [-0.39, 0.29) is 36.8 Å². The number of hydrogen-bond donors (Lipinski definition) is 2. The molecule has 5 nitrogen and oxygen atoms in total. The maximum Gasteiger partial charge on any atom is 0.237 e. The Bertz CT molecular complexity index is 305. The molecule has 0 aliphatic heterocycles. The molecule has 0 aliphatic rings. The third-order valence-corrected chi connectivity index (χ3v) is 2.21. The number of carbonyl (C=O) groups is 1. The van der Waals surface area contributed by atoms with Crippen LogP contribution in [0.2, 0.25) is 0 Å². The lowest BCUT2D eigenvalue weighted by Gasteiger charge is -2.16. The summed E-state index contributed by atoms with van der Waals surface area (Å²) < 4.78 is 1.92. The van der Waals surface area contributed by atoms with E-state index in [1.165, 1.54) is 0 Å². The predicted octanol–water partition coefficient (Wildman–Crippen LogP) is 0.969. The Balaban J connectivity index is 0. The largest absolute Gasteiger partial charge is 0.351 e. The third kappa shape index (κ3) is 6.51. The maximum absolute atomic E-state index is 11.5. The number of nitrogens with two attached hydrogens (primary N) is 1. The fraction of sp³-hybridized carbons (Fsp3) is 0.600. The number of rotatable bonds is 5. The van der Waals surface area contributed by atoms with E-state index in [1.54, 1.807) is 12.5 Å². The summed E-state index contributed by atoms with van der Waals surface area (Å²) in [6.45, 7) is 4.55. The lowest BCUT2D eigenvalue weighted by atomic mass is 10.2. The number of carbonyl (C=O) groups excluding carboxylic acids is 1. The average molecular weight is 283 g/mol. The molecule has 0 aliphatic carbocycles. The van der Waals surface area contributed by atoms with Crippen molar-refractivity contribution in [1.29, 1.82) is 0 Å². The number of nitrogens with one attached hydrogen (secondary N) is 1. The molecule has 0 spiro atoms. The van der Waals surface area contributed by atoms with Crippen molar-refractivity contribution in [2.45, 2.75) is 38.9 Å². The second-order valence-electron chi connectivity index (χ2n) is 3.68. The molecule has 1 heterocycles. The summed E-state index contributed by atoms with van der Waals surface area (Å²) in [6, 6.07) is -0.348. The lowest BCUT2D eigenvalue weighted by Crippen LogP contribution is -2.45. The number of amides is 1. The Morgan fingerprint density at radius 3 is 2.65 bits per heavy atom. The van der Waals surface area contributed by atoms with Gasteiger partial charge in [0.25, 0.3) is 0 Å². The minimum Gasteiger partial charge on any atom is -0.351 e. The smallest absolute Gasteiger partial charge is 0.237 e. The molecule has 0 fully saturated rings. The zero-order valence-electron chi connectivity index (χ0n) is 10.00. The summed E-state index contributed by atoms with van der Waals surface area (Å²) in [5.41, 5.74) is 5.61. The minimum atomic E-state index is -0.407. The maximum atomic E-state index is 11.5. The number of nitrogens with zero attached hydrogens (tertiary/aromatic N) is 2. The monoisotopic (exact) mass is 282 g/mol.